The topological polar surface area (TPSA) is 64.4 Å². The van der Waals surface area contributed by atoms with Gasteiger partial charge in [-0.25, -0.2) is 0 Å². The molecule has 0 aliphatic rings. The van der Waals surface area contributed by atoms with Crippen LogP contribution in [0.25, 0.3) is 0 Å². The Morgan fingerprint density at radius 2 is 2.36 bits per heavy atom. The van der Waals surface area contributed by atoms with Crippen molar-refractivity contribution in [1.82, 2.24) is 5.32 Å². The van der Waals surface area contributed by atoms with Gasteiger partial charge in [-0.2, -0.15) is 11.8 Å². The Hall–Kier alpha value is -0.490. The van der Waals surface area contributed by atoms with Crippen molar-refractivity contribution in [3.05, 3.63) is 10.1 Å². The van der Waals surface area contributed by atoms with E-state index in [1.807, 2.05) is 7.05 Å². The summed E-state index contributed by atoms with van der Waals surface area (Å²) in [4.78, 5) is 13.8. The maximum absolute atomic E-state index is 9.65. The van der Waals surface area contributed by atoms with Crippen molar-refractivity contribution >= 4 is 11.8 Å². The minimum absolute atomic E-state index is 0.182. The van der Waals surface area contributed by atoms with E-state index in [-0.39, 0.29) is 6.61 Å². The summed E-state index contributed by atoms with van der Waals surface area (Å²) in [6.07, 6.45) is 0. The average Bonchev–Trinajstić information content (AvgIpc) is 1.96. The highest BCUT2D eigenvalue weighted by Crippen LogP contribution is 1.97. The third-order valence-electron chi connectivity index (χ3n) is 0.921. The van der Waals surface area contributed by atoms with E-state index in [4.69, 9.17) is 0 Å². The fraction of sp³-hybridized carbons (Fsp3) is 1.00. The number of hydrogen-bond donors (Lipinski definition) is 1. The first-order valence-corrected chi connectivity index (χ1v) is 4.42. The van der Waals surface area contributed by atoms with E-state index in [1.54, 1.807) is 11.8 Å². The zero-order chi connectivity index (χ0) is 8.53. The van der Waals surface area contributed by atoms with Crippen molar-refractivity contribution in [2.24, 2.45) is 0 Å². The van der Waals surface area contributed by atoms with E-state index in [0.717, 1.165) is 12.3 Å². The number of thioether (sulfide) groups is 1. The lowest BCUT2D eigenvalue weighted by Crippen LogP contribution is -2.11. The Morgan fingerprint density at radius 3 is 2.91 bits per heavy atom. The van der Waals surface area contributed by atoms with Gasteiger partial charge in [-0.3, -0.25) is 0 Å². The molecule has 0 unspecified atom stereocenters. The van der Waals surface area contributed by atoms with Gasteiger partial charge in [0.2, 0.25) is 0 Å². The maximum atomic E-state index is 9.65. The lowest BCUT2D eigenvalue weighted by atomic mass is 10.8. The van der Waals surface area contributed by atoms with Crippen LogP contribution in [0.3, 0.4) is 0 Å². The lowest BCUT2D eigenvalue weighted by molar-refractivity contribution is -0.756. The molecule has 11 heavy (non-hydrogen) atoms. The number of rotatable bonds is 7. The number of nitrogens with zero attached hydrogens (tertiary/aromatic N) is 1. The summed E-state index contributed by atoms with van der Waals surface area (Å²) in [6, 6.07) is 0. The van der Waals surface area contributed by atoms with Crippen LogP contribution in [-0.2, 0) is 4.84 Å². The Labute approximate surface area is 69.6 Å². The van der Waals surface area contributed by atoms with Crippen LogP contribution in [0.15, 0.2) is 0 Å². The SMILES string of the molecule is CNCCSCCO[N+](=O)[O-]. The Balaban J connectivity index is 2.85. The van der Waals surface area contributed by atoms with Gasteiger partial charge in [0.05, 0.1) is 0 Å². The molecule has 0 aliphatic heterocycles. The summed E-state index contributed by atoms with van der Waals surface area (Å²) in [7, 11) is 1.87. The summed E-state index contributed by atoms with van der Waals surface area (Å²) in [5.74, 6) is 1.63. The summed E-state index contributed by atoms with van der Waals surface area (Å²) in [6.45, 7) is 1.10. The molecule has 0 fully saturated rings. The largest absolute Gasteiger partial charge is 0.319 e. The third kappa shape index (κ3) is 9.51. The first kappa shape index (κ1) is 10.5. The smallest absolute Gasteiger partial charge is 0.294 e. The second-order valence-electron chi connectivity index (χ2n) is 1.77. The molecule has 0 amide bonds. The van der Waals surface area contributed by atoms with Crippen molar-refractivity contribution < 1.29 is 9.92 Å². The molecule has 0 saturated heterocycles. The molecule has 1 N–H and O–H groups in total. The predicted molar refractivity (Wildman–Crippen MR) is 44.2 cm³/mol. The minimum Gasteiger partial charge on any atom is -0.319 e. The Bertz CT molecular complexity index is 112. The summed E-state index contributed by atoms with van der Waals surface area (Å²) < 4.78 is 0. The van der Waals surface area contributed by atoms with Crippen molar-refractivity contribution in [2.75, 3.05) is 31.7 Å². The van der Waals surface area contributed by atoms with E-state index in [0.29, 0.717) is 5.75 Å². The van der Waals surface area contributed by atoms with Gasteiger partial charge in [0.15, 0.2) is 0 Å². The summed E-state index contributed by atoms with van der Waals surface area (Å²) in [5, 5.41) is 11.9. The molecule has 0 heterocycles. The highest BCUT2D eigenvalue weighted by Gasteiger charge is 1.93. The molecule has 0 atom stereocenters. The Kier molecular flexibility index (Phi) is 7.28. The van der Waals surface area contributed by atoms with Crippen molar-refractivity contribution in [1.29, 1.82) is 0 Å². The fourth-order valence-corrected chi connectivity index (χ4v) is 1.19. The molecule has 6 heteroatoms. The van der Waals surface area contributed by atoms with E-state index >= 15 is 0 Å². The van der Waals surface area contributed by atoms with E-state index in [1.165, 1.54) is 0 Å². The van der Waals surface area contributed by atoms with Crippen LogP contribution >= 0.6 is 11.8 Å². The number of hydrogen-bond acceptors (Lipinski definition) is 5. The quantitative estimate of drug-likeness (QED) is 0.343. The van der Waals surface area contributed by atoms with Crippen molar-refractivity contribution in [3.8, 4) is 0 Å². The fourth-order valence-electron chi connectivity index (χ4n) is 0.447. The van der Waals surface area contributed by atoms with E-state index < -0.39 is 5.09 Å². The van der Waals surface area contributed by atoms with Crippen LogP contribution in [0.5, 0.6) is 0 Å². The third-order valence-corrected chi connectivity index (χ3v) is 1.87. The maximum Gasteiger partial charge on any atom is 0.294 e. The molecule has 0 radical (unpaired) electrons. The molecule has 0 saturated carbocycles. The van der Waals surface area contributed by atoms with Crippen LogP contribution in [0.4, 0.5) is 0 Å². The molecule has 0 aromatic heterocycles. The molecule has 0 aromatic carbocycles. The highest BCUT2D eigenvalue weighted by atomic mass is 32.2. The monoisotopic (exact) mass is 180 g/mol. The molecule has 0 aliphatic carbocycles. The summed E-state index contributed by atoms with van der Waals surface area (Å²) >= 11 is 1.63. The average molecular weight is 180 g/mol. The predicted octanol–water partition coefficient (Wildman–Crippen LogP) is 0.147. The van der Waals surface area contributed by atoms with Crippen LogP contribution in [0, 0.1) is 10.1 Å². The molecule has 0 bridgehead atoms. The lowest BCUT2D eigenvalue weighted by Gasteiger charge is -1.98. The van der Waals surface area contributed by atoms with Crippen LogP contribution in [-0.4, -0.2) is 36.8 Å². The zero-order valence-electron chi connectivity index (χ0n) is 6.41. The first-order chi connectivity index (χ1) is 5.27. The second kappa shape index (κ2) is 7.62. The Morgan fingerprint density at radius 1 is 1.64 bits per heavy atom. The molecule has 5 nitrogen and oxygen atoms in total. The van der Waals surface area contributed by atoms with Gasteiger partial charge in [-0.15, -0.1) is 10.1 Å². The van der Waals surface area contributed by atoms with Crippen molar-refractivity contribution in [3.63, 3.8) is 0 Å². The molecular formula is C5H12N2O3S. The van der Waals surface area contributed by atoms with Gasteiger partial charge in [0.25, 0.3) is 5.09 Å². The van der Waals surface area contributed by atoms with Gasteiger partial charge in [-0.05, 0) is 7.05 Å². The minimum atomic E-state index is -0.765. The van der Waals surface area contributed by atoms with Crippen LogP contribution in [0.2, 0.25) is 0 Å². The number of nitrogens with one attached hydrogen (secondary N) is 1. The van der Waals surface area contributed by atoms with Gasteiger partial charge in [0.1, 0.15) is 6.61 Å². The van der Waals surface area contributed by atoms with E-state index in [2.05, 4.69) is 10.2 Å². The standard InChI is InChI=1S/C5H12N2O3S/c1-6-2-4-11-5-3-10-7(8)9/h6H,2-5H2,1H3. The van der Waals surface area contributed by atoms with Gasteiger partial charge in [0, 0.05) is 18.1 Å². The molecule has 0 aromatic rings. The second-order valence-corrected chi connectivity index (χ2v) is 3.00. The zero-order valence-corrected chi connectivity index (χ0v) is 7.23. The first-order valence-electron chi connectivity index (χ1n) is 3.27. The highest BCUT2D eigenvalue weighted by molar-refractivity contribution is 7.99. The van der Waals surface area contributed by atoms with Crippen LogP contribution < -0.4 is 5.32 Å². The molecule has 0 spiro atoms. The van der Waals surface area contributed by atoms with Crippen LogP contribution in [0.1, 0.15) is 0 Å². The van der Waals surface area contributed by atoms with Gasteiger partial charge < -0.3 is 10.2 Å². The molecular weight excluding hydrogens is 168 g/mol. The van der Waals surface area contributed by atoms with E-state index in [9.17, 15) is 10.1 Å². The molecule has 66 valence electrons. The van der Waals surface area contributed by atoms with Gasteiger partial charge in [-0.1, -0.05) is 0 Å². The van der Waals surface area contributed by atoms with Crippen molar-refractivity contribution in [2.45, 2.75) is 0 Å². The normalized spacial score (nSPS) is 9.55. The van der Waals surface area contributed by atoms with Gasteiger partial charge >= 0.3 is 0 Å². The summed E-state index contributed by atoms with van der Waals surface area (Å²) in [5.41, 5.74) is 0. The molecule has 0 rings (SSSR count).